The summed E-state index contributed by atoms with van der Waals surface area (Å²) in [5, 5.41) is 2.92. The number of imidazole rings is 1. The molecule has 1 aromatic heterocycles. The zero-order valence-electron chi connectivity index (χ0n) is 30.6. The number of allylic oxidation sites excluding steroid dienone is 1. The zero-order chi connectivity index (χ0) is 35.6. The molecule has 0 radical (unpaired) electrons. The Morgan fingerprint density at radius 2 is 1.75 bits per heavy atom. The summed E-state index contributed by atoms with van der Waals surface area (Å²) in [5.41, 5.74) is 10.6. The molecule has 1 saturated heterocycles. The van der Waals surface area contributed by atoms with Crippen LogP contribution in [0.15, 0.2) is 60.3 Å². The highest BCUT2D eigenvalue weighted by molar-refractivity contribution is 6.12. The maximum absolute atomic E-state index is 13.7. The number of likely N-dealkylation sites (N-methyl/N-ethyl adjacent to an activating group) is 1. The second kappa shape index (κ2) is 21.4. The topological polar surface area (TPSA) is 146 Å². The summed E-state index contributed by atoms with van der Waals surface area (Å²) < 4.78 is 11.8. The number of rotatable bonds is 15. The molecule has 2 amide bonds. The van der Waals surface area contributed by atoms with Gasteiger partial charge in [0.25, 0.3) is 11.8 Å². The molecule has 0 spiro atoms. The standard InChI is InChI=1S/C38H47N7O5.3ClH/c1-26-13-16-32(34(23-26)50-22-6-5-9-28(25-46)45-20-18-43(2)19-21-45)44(3)38(48)27-14-15-30(33(24-27)49-4)41-37(47)29-10-7-11-31-36(29)42-35(40-31)12-8-17-39;;;/h7,10-11,13-16,23-24H,5-6,8-9,12,17-22,39H2,1-4H3,(H,40,42)(H,41,47);3*1H. The van der Waals surface area contributed by atoms with E-state index in [9.17, 15) is 14.4 Å². The van der Waals surface area contributed by atoms with Crippen molar-refractivity contribution in [3.05, 3.63) is 82.8 Å². The first-order valence-electron chi connectivity index (χ1n) is 17.1. The number of nitrogens with zero attached hydrogens (tertiary/aromatic N) is 4. The SMILES string of the molecule is COc1cc(C(=O)N(C)c2ccc(C)cc2OCCCCC(=C=O)N2CCN(C)CC2)ccc1NC(=O)c1cccc2[nH]c(CCCN)nc12.Cl.Cl.Cl. The molecule has 15 heteroatoms. The minimum Gasteiger partial charge on any atom is -0.495 e. The number of hydrogen-bond acceptors (Lipinski definition) is 9. The third-order valence-corrected chi connectivity index (χ3v) is 8.97. The number of fused-ring (bicyclic) bond motifs is 1. The van der Waals surface area contributed by atoms with Crippen LogP contribution in [0.4, 0.5) is 11.4 Å². The van der Waals surface area contributed by atoms with E-state index in [1.807, 2.05) is 31.2 Å². The highest BCUT2D eigenvalue weighted by Gasteiger charge is 2.21. The number of amides is 2. The Labute approximate surface area is 329 Å². The monoisotopic (exact) mass is 789 g/mol. The van der Waals surface area contributed by atoms with Gasteiger partial charge in [-0.2, -0.15) is 0 Å². The van der Waals surface area contributed by atoms with Gasteiger partial charge >= 0.3 is 0 Å². The van der Waals surface area contributed by atoms with Gasteiger partial charge in [-0.3, -0.25) is 9.59 Å². The van der Waals surface area contributed by atoms with Crippen LogP contribution in [0.1, 0.15) is 57.8 Å². The predicted octanol–water partition coefficient (Wildman–Crippen LogP) is 6.08. The molecule has 0 unspecified atom stereocenters. The quantitative estimate of drug-likeness (QED) is 0.0964. The number of hydrogen-bond donors (Lipinski definition) is 3. The summed E-state index contributed by atoms with van der Waals surface area (Å²) in [7, 11) is 5.28. The van der Waals surface area contributed by atoms with Gasteiger partial charge in [-0.25, -0.2) is 9.78 Å². The molecule has 4 N–H and O–H groups in total. The highest BCUT2D eigenvalue weighted by Crippen LogP contribution is 2.32. The Bertz CT molecular complexity index is 1870. The normalized spacial score (nSPS) is 12.4. The molecular weight excluding hydrogens is 741 g/mol. The van der Waals surface area contributed by atoms with Crippen molar-refractivity contribution in [3.8, 4) is 11.5 Å². The van der Waals surface area contributed by atoms with Gasteiger partial charge in [-0.15, -0.1) is 37.2 Å². The highest BCUT2D eigenvalue weighted by atomic mass is 35.5. The van der Waals surface area contributed by atoms with E-state index in [2.05, 4.69) is 38.1 Å². The number of anilines is 2. The van der Waals surface area contributed by atoms with E-state index in [1.54, 1.807) is 42.3 Å². The van der Waals surface area contributed by atoms with Crippen LogP contribution in [0.5, 0.6) is 11.5 Å². The summed E-state index contributed by atoms with van der Waals surface area (Å²) in [4.78, 5) is 52.6. The van der Waals surface area contributed by atoms with Crippen molar-refractivity contribution in [2.75, 3.05) is 70.8 Å². The van der Waals surface area contributed by atoms with Gasteiger partial charge < -0.3 is 40.2 Å². The molecule has 2 heterocycles. The molecule has 288 valence electrons. The van der Waals surface area contributed by atoms with E-state index in [1.165, 1.54) is 7.11 Å². The lowest BCUT2D eigenvalue weighted by atomic mass is 10.1. The average molecular weight is 791 g/mol. The molecule has 12 nitrogen and oxygen atoms in total. The Balaban J connectivity index is 0.00000324. The largest absolute Gasteiger partial charge is 0.495 e. The summed E-state index contributed by atoms with van der Waals surface area (Å²) in [5.74, 6) is 3.25. The lowest BCUT2D eigenvalue weighted by Crippen LogP contribution is -2.44. The van der Waals surface area contributed by atoms with E-state index in [0.29, 0.717) is 65.5 Å². The number of nitrogens with one attached hydrogen (secondary N) is 2. The first-order chi connectivity index (χ1) is 24.2. The average Bonchev–Trinajstić information content (AvgIpc) is 3.55. The van der Waals surface area contributed by atoms with Crippen LogP contribution in [-0.4, -0.2) is 98.1 Å². The summed E-state index contributed by atoms with van der Waals surface area (Å²) in [6.07, 6.45) is 3.68. The fourth-order valence-electron chi connectivity index (χ4n) is 6.02. The third-order valence-electron chi connectivity index (χ3n) is 8.97. The molecule has 5 rings (SSSR count). The number of piperazine rings is 1. The summed E-state index contributed by atoms with van der Waals surface area (Å²) in [6, 6.07) is 16.1. The van der Waals surface area contributed by atoms with E-state index in [0.717, 1.165) is 68.0 Å². The fraction of sp³-hybridized carbons (Fsp3) is 0.395. The second-order valence-electron chi connectivity index (χ2n) is 12.6. The number of aromatic amines is 1. The lowest BCUT2D eigenvalue weighted by molar-refractivity contribution is 0.0990. The van der Waals surface area contributed by atoms with Gasteiger partial charge in [0.15, 0.2) is 0 Å². The maximum Gasteiger partial charge on any atom is 0.258 e. The molecule has 0 atom stereocenters. The van der Waals surface area contributed by atoms with Gasteiger partial charge in [0, 0.05) is 45.2 Å². The van der Waals surface area contributed by atoms with Crippen LogP contribution >= 0.6 is 37.2 Å². The van der Waals surface area contributed by atoms with Gasteiger partial charge in [-0.1, -0.05) is 12.1 Å². The number of ether oxygens (including phenoxy) is 2. The number of H-pyrrole nitrogens is 1. The summed E-state index contributed by atoms with van der Waals surface area (Å²) in [6.45, 7) is 6.52. The Morgan fingerprint density at radius 3 is 2.45 bits per heavy atom. The van der Waals surface area contributed by atoms with Gasteiger partial charge in [0.2, 0.25) is 0 Å². The predicted molar refractivity (Wildman–Crippen MR) is 218 cm³/mol. The molecule has 3 aromatic carbocycles. The minimum atomic E-state index is -0.346. The molecule has 0 saturated carbocycles. The number of carbonyl (C=O) groups is 2. The number of unbranched alkanes of at least 4 members (excludes halogenated alkanes) is 1. The Morgan fingerprint density at radius 1 is 1.00 bits per heavy atom. The van der Waals surface area contributed by atoms with Crippen LogP contribution in [0.2, 0.25) is 0 Å². The van der Waals surface area contributed by atoms with Gasteiger partial charge in [0.1, 0.15) is 28.8 Å². The number of methoxy groups -OCH3 is 1. The van der Waals surface area contributed by atoms with Gasteiger partial charge in [-0.05, 0) is 94.2 Å². The van der Waals surface area contributed by atoms with Crippen LogP contribution in [0.25, 0.3) is 11.0 Å². The third kappa shape index (κ3) is 11.4. The van der Waals surface area contributed by atoms with Crippen molar-refractivity contribution < 1.29 is 23.9 Å². The van der Waals surface area contributed by atoms with Crippen molar-refractivity contribution in [2.24, 2.45) is 5.73 Å². The van der Waals surface area contributed by atoms with E-state index in [4.69, 9.17) is 15.2 Å². The lowest BCUT2D eigenvalue weighted by Gasteiger charge is -2.34. The van der Waals surface area contributed by atoms with Crippen LogP contribution in [0.3, 0.4) is 0 Å². The smallest absolute Gasteiger partial charge is 0.258 e. The molecule has 53 heavy (non-hydrogen) atoms. The zero-order valence-corrected chi connectivity index (χ0v) is 33.1. The molecule has 4 aromatic rings. The van der Waals surface area contributed by atoms with Crippen molar-refractivity contribution in [1.29, 1.82) is 0 Å². The van der Waals surface area contributed by atoms with Crippen molar-refractivity contribution in [1.82, 2.24) is 19.8 Å². The van der Waals surface area contributed by atoms with Crippen LogP contribution in [-0.2, 0) is 11.2 Å². The van der Waals surface area contributed by atoms with Crippen molar-refractivity contribution >= 4 is 77.4 Å². The van der Waals surface area contributed by atoms with Gasteiger partial charge in [0.05, 0.1) is 41.9 Å². The molecule has 0 aliphatic carbocycles. The molecular formula is C38H50Cl3N7O5. The minimum absolute atomic E-state index is 0. The number of halogens is 3. The van der Waals surface area contributed by atoms with Crippen molar-refractivity contribution in [2.45, 2.75) is 39.0 Å². The Hall–Kier alpha value is -4.29. The first kappa shape index (κ1) is 44.9. The van der Waals surface area contributed by atoms with E-state index in [-0.39, 0.29) is 49.0 Å². The maximum atomic E-state index is 13.7. The summed E-state index contributed by atoms with van der Waals surface area (Å²) >= 11 is 0. The second-order valence-corrected chi connectivity index (χ2v) is 12.6. The number of nitrogens with two attached hydrogens (primary N) is 1. The molecule has 1 aliphatic heterocycles. The number of benzene rings is 3. The van der Waals surface area contributed by atoms with E-state index >= 15 is 0 Å². The van der Waals surface area contributed by atoms with E-state index < -0.39 is 0 Å². The molecule has 0 bridgehead atoms. The number of para-hydroxylation sites is 1. The molecule has 1 fully saturated rings. The number of aryl methyl sites for hydroxylation is 2. The first-order valence-corrected chi connectivity index (χ1v) is 17.1. The van der Waals surface area contributed by atoms with Crippen LogP contribution < -0.4 is 25.4 Å². The van der Waals surface area contributed by atoms with Crippen LogP contribution in [0, 0.1) is 6.92 Å². The Kier molecular flexibility index (Phi) is 18.1. The number of carbonyl (C=O) groups excluding carboxylic acids is 3. The fourth-order valence-corrected chi connectivity index (χ4v) is 6.02. The van der Waals surface area contributed by atoms with Crippen molar-refractivity contribution in [3.63, 3.8) is 0 Å². The molecule has 1 aliphatic rings. The number of aromatic nitrogens is 2.